The fraction of sp³-hybridized carbons (Fsp3) is 0.250. The quantitative estimate of drug-likeness (QED) is 0.874. The van der Waals surface area contributed by atoms with Crippen LogP contribution >= 0.6 is 0 Å². The van der Waals surface area contributed by atoms with E-state index in [9.17, 15) is 4.39 Å². The van der Waals surface area contributed by atoms with Gasteiger partial charge < -0.3 is 5.73 Å². The predicted molar refractivity (Wildman–Crippen MR) is 73.1 cm³/mol. The smallest absolute Gasteiger partial charge is 0.123 e. The minimum atomic E-state index is -0.191. The Morgan fingerprint density at radius 2 is 1.78 bits per heavy atom. The highest BCUT2D eigenvalue weighted by Crippen LogP contribution is 2.17. The highest BCUT2D eigenvalue weighted by Gasteiger charge is 2.04. The average molecular weight is 243 g/mol. The summed E-state index contributed by atoms with van der Waals surface area (Å²) in [5.74, 6) is 0.183. The second-order valence-electron chi connectivity index (χ2n) is 4.69. The van der Waals surface area contributed by atoms with Gasteiger partial charge in [-0.2, -0.15) is 0 Å². The largest absolute Gasteiger partial charge is 0.330 e. The highest BCUT2D eigenvalue weighted by atomic mass is 19.1. The third-order valence-corrected chi connectivity index (χ3v) is 3.20. The van der Waals surface area contributed by atoms with Crippen LogP contribution in [-0.2, 0) is 6.42 Å². The molecular formula is C16H18FN. The van der Waals surface area contributed by atoms with Crippen LogP contribution in [0, 0.1) is 5.82 Å². The summed E-state index contributed by atoms with van der Waals surface area (Å²) in [5, 5.41) is 0. The molecule has 1 nitrogen and oxygen atoms in total. The maximum Gasteiger partial charge on any atom is 0.123 e. The Labute approximate surface area is 107 Å². The summed E-state index contributed by atoms with van der Waals surface area (Å²) in [7, 11) is 0. The Morgan fingerprint density at radius 3 is 2.44 bits per heavy atom. The molecule has 0 aliphatic rings. The van der Waals surface area contributed by atoms with Crippen LogP contribution in [0.15, 0.2) is 48.5 Å². The topological polar surface area (TPSA) is 26.0 Å². The number of hydrogen-bond acceptors (Lipinski definition) is 1. The van der Waals surface area contributed by atoms with Crippen LogP contribution in [0.1, 0.15) is 29.5 Å². The number of halogens is 1. The van der Waals surface area contributed by atoms with Crippen molar-refractivity contribution in [2.45, 2.75) is 19.3 Å². The van der Waals surface area contributed by atoms with Crippen molar-refractivity contribution >= 4 is 0 Å². The zero-order valence-corrected chi connectivity index (χ0v) is 10.6. The predicted octanol–water partition coefficient (Wildman–Crippen LogP) is 3.48. The third kappa shape index (κ3) is 3.17. The van der Waals surface area contributed by atoms with E-state index >= 15 is 0 Å². The number of hydrogen-bond donors (Lipinski definition) is 1. The van der Waals surface area contributed by atoms with E-state index in [-0.39, 0.29) is 5.82 Å². The van der Waals surface area contributed by atoms with Crippen molar-refractivity contribution in [3.63, 3.8) is 0 Å². The molecule has 0 heterocycles. The maximum atomic E-state index is 12.8. The molecule has 0 bridgehead atoms. The van der Waals surface area contributed by atoms with E-state index in [4.69, 9.17) is 5.73 Å². The minimum absolute atomic E-state index is 0.191. The molecule has 0 spiro atoms. The summed E-state index contributed by atoms with van der Waals surface area (Å²) in [6.45, 7) is 2.77. The van der Waals surface area contributed by atoms with Gasteiger partial charge in [0.2, 0.25) is 0 Å². The van der Waals surface area contributed by atoms with Crippen molar-refractivity contribution in [3.8, 4) is 0 Å². The van der Waals surface area contributed by atoms with Crippen molar-refractivity contribution in [1.29, 1.82) is 0 Å². The molecule has 94 valence electrons. The lowest BCUT2D eigenvalue weighted by molar-refractivity contribution is 0.627. The van der Waals surface area contributed by atoms with E-state index < -0.39 is 0 Å². The Hall–Kier alpha value is -1.67. The lowest BCUT2D eigenvalue weighted by Crippen LogP contribution is -2.09. The van der Waals surface area contributed by atoms with Crippen LogP contribution in [0.25, 0.3) is 0 Å². The first kappa shape index (κ1) is 12.8. The molecule has 0 aliphatic carbocycles. The number of benzene rings is 2. The molecule has 0 amide bonds. The Balaban J connectivity index is 2.16. The number of nitrogens with two attached hydrogens (primary N) is 1. The van der Waals surface area contributed by atoms with Gasteiger partial charge in [0.1, 0.15) is 5.82 Å². The van der Waals surface area contributed by atoms with Crippen LogP contribution < -0.4 is 5.73 Å². The summed E-state index contributed by atoms with van der Waals surface area (Å²) >= 11 is 0. The first-order chi connectivity index (χ1) is 8.69. The molecule has 1 unspecified atom stereocenters. The second kappa shape index (κ2) is 5.78. The summed E-state index contributed by atoms with van der Waals surface area (Å²) in [6.07, 6.45) is 0.825. The molecule has 2 rings (SSSR count). The molecule has 0 aromatic heterocycles. The molecule has 2 N–H and O–H groups in total. The van der Waals surface area contributed by atoms with Crippen LogP contribution in [0.2, 0.25) is 0 Å². The zero-order valence-electron chi connectivity index (χ0n) is 10.6. The van der Waals surface area contributed by atoms with Gasteiger partial charge in [-0.05, 0) is 47.7 Å². The molecule has 0 saturated heterocycles. The van der Waals surface area contributed by atoms with Crippen molar-refractivity contribution in [2.75, 3.05) is 6.54 Å². The van der Waals surface area contributed by atoms with Crippen molar-refractivity contribution < 1.29 is 4.39 Å². The summed E-state index contributed by atoms with van der Waals surface area (Å²) < 4.78 is 12.8. The van der Waals surface area contributed by atoms with E-state index in [1.54, 1.807) is 0 Å². The first-order valence-electron chi connectivity index (χ1n) is 6.22. The Kier molecular flexibility index (Phi) is 4.11. The molecule has 18 heavy (non-hydrogen) atoms. The molecular weight excluding hydrogens is 225 g/mol. The molecule has 2 aromatic carbocycles. The van der Waals surface area contributed by atoms with Crippen molar-refractivity contribution in [3.05, 3.63) is 71.0 Å². The fourth-order valence-electron chi connectivity index (χ4n) is 1.98. The van der Waals surface area contributed by atoms with Gasteiger partial charge in [0.15, 0.2) is 0 Å². The van der Waals surface area contributed by atoms with Gasteiger partial charge in [0.25, 0.3) is 0 Å². The highest BCUT2D eigenvalue weighted by molar-refractivity contribution is 5.31. The average Bonchev–Trinajstić information content (AvgIpc) is 2.41. The SMILES string of the molecule is CC(CN)c1cccc(Cc2ccc(F)cc2)c1. The summed E-state index contributed by atoms with van der Waals surface area (Å²) in [4.78, 5) is 0. The Morgan fingerprint density at radius 1 is 1.06 bits per heavy atom. The normalized spacial score (nSPS) is 12.4. The van der Waals surface area contributed by atoms with Gasteiger partial charge in [-0.25, -0.2) is 4.39 Å². The Bertz CT molecular complexity index is 505. The zero-order chi connectivity index (χ0) is 13.0. The standard InChI is InChI=1S/C16H18FN/c1-12(11-18)15-4-2-3-14(10-15)9-13-5-7-16(17)8-6-13/h2-8,10,12H,9,11,18H2,1H3. The summed E-state index contributed by atoms with van der Waals surface area (Å²) in [5.41, 5.74) is 9.30. The van der Waals surface area contributed by atoms with Crippen LogP contribution in [-0.4, -0.2) is 6.54 Å². The van der Waals surface area contributed by atoms with Gasteiger partial charge >= 0.3 is 0 Å². The number of rotatable bonds is 4. The molecule has 0 saturated carbocycles. The fourth-order valence-corrected chi connectivity index (χ4v) is 1.98. The van der Waals surface area contributed by atoms with E-state index in [1.165, 1.54) is 23.3 Å². The lowest BCUT2D eigenvalue weighted by atomic mass is 9.96. The van der Waals surface area contributed by atoms with Gasteiger partial charge in [0.05, 0.1) is 0 Å². The van der Waals surface area contributed by atoms with Gasteiger partial charge in [0, 0.05) is 0 Å². The third-order valence-electron chi connectivity index (χ3n) is 3.20. The molecule has 2 aromatic rings. The maximum absolute atomic E-state index is 12.8. The van der Waals surface area contributed by atoms with E-state index in [1.807, 2.05) is 12.1 Å². The van der Waals surface area contributed by atoms with Crippen molar-refractivity contribution in [2.24, 2.45) is 5.73 Å². The van der Waals surface area contributed by atoms with Gasteiger partial charge in [-0.3, -0.25) is 0 Å². The minimum Gasteiger partial charge on any atom is -0.330 e. The molecule has 0 fully saturated rings. The summed E-state index contributed by atoms with van der Waals surface area (Å²) in [6, 6.07) is 15.1. The van der Waals surface area contributed by atoms with Crippen LogP contribution in [0.3, 0.4) is 0 Å². The molecule has 2 heteroatoms. The van der Waals surface area contributed by atoms with E-state index in [2.05, 4.69) is 31.2 Å². The van der Waals surface area contributed by atoms with E-state index in [0.717, 1.165) is 12.0 Å². The second-order valence-corrected chi connectivity index (χ2v) is 4.69. The molecule has 0 aliphatic heterocycles. The van der Waals surface area contributed by atoms with Crippen LogP contribution in [0.4, 0.5) is 4.39 Å². The molecule has 0 radical (unpaired) electrons. The van der Waals surface area contributed by atoms with Gasteiger partial charge in [-0.15, -0.1) is 0 Å². The van der Waals surface area contributed by atoms with Crippen molar-refractivity contribution in [1.82, 2.24) is 0 Å². The lowest BCUT2D eigenvalue weighted by Gasteiger charge is -2.10. The first-order valence-corrected chi connectivity index (χ1v) is 6.22. The molecule has 1 atom stereocenters. The van der Waals surface area contributed by atoms with Crippen LogP contribution in [0.5, 0.6) is 0 Å². The van der Waals surface area contributed by atoms with Gasteiger partial charge in [-0.1, -0.05) is 43.3 Å². The van der Waals surface area contributed by atoms with E-state index in [0.29, 0.717) is 12.5 Å². The monoisotopic (exact) mass is 243 g/mol.